The van der Waals surface area contributed by atoms with Crippen molar-refractivity contribution in [2.45, 2.75) is 232 Å². The van der Waals surface area contributed by atoms with Gasteiger partial charge in [-0.15, -0.1) is 0 Å². The third-order valence-corrected chi connectivity index (χ3v) is 10.5. The van der Waals surface area contributed by atoms with Gasteiger partial charge >= 0.3 is 17.9 Å². The van der Waals surface area contributed by atoms with Gasteiger partial charge in [0.15, 0.2) is 6.10 Å². The Hall–Kier alpha value is -3.67. The minimum absolute atomic E-state index is 0.112. The minimum atomic E-state index is -0.818. The molecule has 0 N–H and O–H groups in total. The highest BCUT2D eigenvalue weighted by Gasteiger charge is 2.19. The summed E-state index contributed by atoms with van der Waals surface area (Å²) in [6.45, 7) is 6.45. The molecule has 1 atom stereocenters. The van der Waals surface area contributed by atoms with Crippen molar-refractivity contribution in [3.05, 3.63) is 97.2 Å². The van der Waals surface area contributed by atoms with E-state index in [2.05, 4.69) is 112 Å². The van der Waals surface area contributed by atoms with E-state index >= 15 is 0 Å². The highest BCUT2D eigenvalue weighted by Crippen LogP contribution is 2.12. The molecule has 0 unspecified atom stereocenters. The summed E-state index contributed by atoms with van der Waals surface area (Å²) < 4.78 is 16.7. The standard InChI is InChI=1S/C57H94O6/c1-4-7-10-13-16-19-22-24-26-27-28-29-31-32-35-38-41-44-47-50-56(59)62-53-54(52-61-55(58)49-46-43-40-37-34-21-18-15-12-9-6-3)63-57(60)51-48-45-42-39-36-33-30-25-23-20-17-14-11-8-5-2/h15-20,24-26,28-30,32,35,41,44,54H,4-14,21-23,27,31,33-34,36-40,42-43,45-53H2,1-3H3/b18-15-,19-16-,20-17-,26-24-,29-28-,30-25-,35-32-,44-41-/t54-/m0/s1. The maximum atomic E-state index is 12.8. The lowest BCUT2D eigenvalue weighted by Crippen LogP contribution is -2.30. The van der Waals surface area contributed by atoms with E-state index < -0.39 is 6.10 Å². The van der Waals surface area contributed by atoms with Crippen molar-refractivity contribution in [2.24, 2.45) is 0 Å². The van der Waals surface area contributed by atoms with Crippen molar-refractivity contribution >= 4 is 17.9 Å². The van der Waals surface area contributed by atoms with Crippen LogP contribution in [-0.4, -0.2) is 37.2 Å². The fraction of sp³-hybridized carbons (Fsp3) is 0.667. The summed E-state index contributed by atoms with van der Waals surface area (Å²) in [6.07, 6.45) is 66.8. The maximum absolute atomic E-state index is 12.8. The molecule has 6 heteroatoms. The first kappa shape index (κ1) is 59.3. The molecule has 0 fully saturated rings. The van der Waals surface area contributed by atoms with Crippen molar-refractivity contribution in [3.63, 3.8) is 0 Å². The number of rotatable bonds is 45. The maximum Gasteiger partial charge on any atom is 0.306 e. The zero-order valence-electron chi connectivity index (χ0n) is 40.8. The van der Waals surface area contributed by atoms with E-state index in [0.29, 0.717) is 19.3 Å². The van der Waals surface area contributed by atoms with Crippen molar-refractivity contribution < 1.29 is 28.6 Å². The zero-order chi connectivity index (χ0) is 45.8. The molecule has 6 nitrogen and oxygen atoms in total. The lowest BCUT2D eigenvalue weighted by atomic mass is 10.1. The van der Waals surface area contributed by atoms with E-state index in [9.17, 15) is 14.4 Å². The Bertz CT molecular complexity index is 1280. The minimum Gasteiger partial charge on any atom is -0.462 e. The Morgan fingerprint density at radius 2 is 0.619 bits per heavy atom. The van der Waals surface area contributed by atoms with E-state index in [1.165, 1.54) is 77.0 Å². The van der Waals surface area contributed by atoms with Crippen LogP contribution in [0.5, 0.6) is 0 Å². The van der Waals surface area contributed by atoms with Gasteiger partial charge in [0.05, 0.1) is 0 Å². The molecule has 0 aliphatic carbocycles. The van der Waals surface area contributed by atoms with Gasteiger partial charge in [0.1, 0.15) is 13.2 Å². The molecule has 0 rings (SSSR count). The SMILES string of the molecule is CCCC/C=C\CCCCCCCC(=O)OC[C@@H](COC(=O)CC/C=C\C/C=C\C/C=C\C/C=C\C/C=C\CCCCC)OC(=O)CCCCCCC/C=C\C/C=C\CCCCC. The number of carbonyl (C=O) groups is 3. The Morgan fingerprint density at radius 3 is 1.05 bits per heavy atom. The summed E-state index contributed by atoms with van der Waals surface area (Å²) in [5, 5.41) is 0. The molecule has 0 aromatic heterocycles. The lowest BCUT2D eigenvalue weighted by molar-refractivity contribution is -0.166. The second-order valence-corrected chi connectivity index (χ2v) is 16.7. The van der Waals surface area contributed by atoms with Gasteiger partial charge in [-0.2, -0.15) is 0 Å². The van der Waals surface area contributed by atoms with Crippen LogP contribution in [0, 0.1) is 0 Å². The molecule has 0 amide bonds. The van der Waals surface area contributed by atoms with Crippen LogP contribution in [0.3, 0.4) is 0 Å². The molecule has 358 valence electrons. The largest absolute Gasteiger partial charge is 0.462 e. The van der Waals surface area contributed by atoms with Crippen LogP contribution in [0.4, 0.5) is 0 Å². The highest BCUT2D eigenvalue weighted by molar-refractivity contribution is 5.71. The number of unbranched alkanes of at least 4 members (excludes halogenated alkanes) is 18. The zero-order valence-corrected chi connectivity index (χ0v) is 40.8. The number of ether oxygens (including phenoxy) is 3. The Balaban J connectivity index is 4.52. The third-order valence-electron chi connectivity index (χ3n) is 10.5. The molecule has 0 aromatic rings. The van der Waals surface area contributed by atoms with Gasteiger partial charge in [-0.1, -0.05) is 195 Å². The van der Waals surface area contributed by atoms with E-state index in [4.69, 9.17) is 14.2 Å². The van der Waals surface area contributed by atoms with Crippen LogP contribution in [0.2, 0.25) is 0 Å². The molecule has 0 saturated heterocycles. The highest BCUT2D eigenvalue weighted by atomic mass is 16.6. The van der Waals surface area contributed by atoms with E-state index in [-0.39, 0.29) is 37.5 Å². The normalized spacial score (nSPS) is 12.9. The summed E-state index contributed by atoms with van der Waals surface area (Å²) in [4.78, 5) is 37.9. The molecule has 0 spiro atoms. The topological polar surface area (TPSA) is 78.9 Å². The predicted octanol–water partition coefficient (Wildman–Crippen LogP) is 17.0. The van der Waals surface area contributed by atoms with Gasteiger partial charge in [0, 0.05) is 19.3 Å². The van der Waals surface area contributed by atoms with Crippen LogP contribution >= 0.6 is 0 Å². The number of carbonyl (C=O) groups excluding carboxylic acids is 3. The summed E-state index contributed by atoms with van der Waals surface area (Å²) in [7, 11) is 0. The summed E-state index contributed by atoms with van der Waals surface area (Å²) in [5.74, 6) is -1.03. The van der Waals surface area contributed by atoms with Gasteiger partial charge in [-0.3, -0.25) is 14.4 Å². The van der Waals surface area contributed by atoms with Gasteiger partial charge < -0.3 is 14.2 Å². The van der Waals surface area contributed by atoms with Gasteiger partial charge in [0.25, 0.3) is 0 Å². The molecule has 0 saturated carbocycles. The molecule has 63 heavy (non-hydrogen) atoms. The monoisotopic (exact) mass is 875 g/mol. The number of hydrogen-bond acceptors (Lipinski definition) is 6. The predicted molar refractivity (Wildman–Crippen MR) is 270 cm³/mol. The third kappa shape index (κ3) is 49.2. The molecule has 0 bridgehead atoms. The summed E-state index contributed by atoms with van der Waals surface area (Å²) in [6, 6.07) is 0. The van der Waals surface area contributed by atoms with Crippen LogP contribution < -0.4 is 0 Å². The van der Waals surface area contributed by atoms with Crippen molar-refractivity contribution in [1.82, 2.24) is 0 Å². The molecule has 0 aliphatic rings. The Morgan fingerprint density at radius 1 is 0.317 bits per heavy atom. The molecule has 0 radical (unpaired) electrons. The molecule has 0 aromatic carbocycles. The van der Waals surface area contributed by atoms with Crippen LogP contribution in [0.15, 0.2) is 97.2 Å². The molecule has 0 aliphatic heterocycles. The fourth-order valence-corrected chi connectivity index (χ4v) is 6.61. The van der Waals surface area contributed by atoms with Gasteiger partial charge in [0.2, 0.25) is 0 Å². The lowest BCUT2D eigenvalue weighted by Gasteiger charge is -2.18. The Kier molecular flexibility index (Phi) is 48.0. The van der Waals surface area contributed by atoms with Crippen LogP contribution in [0.25, 0.3) is 0 Å². The Labute approximate surface area is 387 Å². The fourth-order valence-electron chi connectivity index (χ4n) is 6.61. The van der Waals surface area contributed by atoms with Crippen LogP contribution in [-0.2, 0) is 28.6 Å². The number of allylic oxidation sites excluding steroid dienone is 16. The molecular weight excluding hydrogens is 781 g/mol. The number of esters is 3. The van der Waals surface area contributed by atoms with E-state index in [0.717, 1.165) is 103 Å². The quantitative estimate of drug-likeness (QED) is 0.0262. The van der Waals surface area contributed by atoms with Crippen molar-refractivity contribution in [3.8, 4) is 0 Å². The first-order valence-electron chi connectivity index (χ1n) is 25.7. The second-order valence-electron chi connectivity index (χ2n) is 16.7. The molecular formula is C57H94O6. The average molecular weight is 875 g/mol. The van der Waals surface area contributed by atoms with E-state index in [1.807, 2.05) is 6.08 Å². The first-order chi connectivity index (χ1) is 31.0. The smallest absolute Gasteiger partial charge is 0.306 e. The van der Waals surface area contributed by atoms with Crippen molar-refractivity contribution in [2.75, 3.05) is 13.2 Å². The average Bonchev–Trinajstić information content (AvgIpc) is 3.28. The molecule has 0 heterocycles. The second kappa shape index (κ2) is 51.0. The van der Waals surface area contributed by atoms with Gasteiger partial charge in [-0.05, 0) is 109 Å². The van der Waals surface area contributed by atoms with Crippen molar-refractivity contribution in [1.29, 1.82) is 0 Å². The summed E-state index contributed by atoms with van der Waals surface area (Å²) in [5.41, 5.74) is 0. The first-order valence-corrected chi connectivity index (χ1v) is 25.7. The van der Waals surface area contributed by atoms with E-state index in [1.54, 1.807) is 0 Å². The van der Waals surface area contributed by atoms with Gasteiger partial charge in [-0.25, -0.2) is 0 Å². The summed E-state index contributed by atoms with van der Waals surface area (Å²) >= 11 is 0. The number of hydrogen-bond donors (Lipinski definition) is 0. The van der Waals surface area contributed by atoms with Crippen LogP contribution in [0.1, 0.15) is 226 Å².